The van der Waals surface area contributed by atoms with Gasteiger partial charge in [0.05, 0.1) is 0 Å². The maximum absolute atomic E-state index is 10.8. The summed E-state index contributed by atoms with van der Waals surface area (Å²) in [5.74, 6) is -0.188. The zero-order valence-corrected chi connectivity index (χ0v) is 12.0. The molecule has 0 aliphatic heterocycles. The highest BCUT2D eigenvalue weighted by atomic mass is 16.5. The molecule has 2 aromatic carbocycles. The Morgan fingerprint density at radius 2 is 1.64 bits per heavy atom. The summed E-state index contributed by atoms with van der Waals surface area (Å²) in [7, 11) is 0. The quantitative estimate of drug-likeness (QED) is 0.899. The second kappa shape index (κ2) is 6.31. The van der Waals surface area contributed by atoms with Crippen molar-refractivity contribution in [1.82, 2.24) is 0 Å². The van der Waals surface area contributed by atoms with E-state index in [1.807, 2.05) is 30.3 Å². The summed E-state index contributed by atoms with van der Waals surface area (Å²) in [5, 5.41) is 8.90. The van der Waals surface area contributed by atoms with Crippen molar-refractivity contribution in [3.63, 3.8) is 0 Å². The van der Waals surface area contributed by atoms with Gasteiger partial charge in [-0.25, -0.2) is 4.79 Å². The summed E-state index contributed by atoms with van der Waals surface area (Å²) in [6, 6.07) is 18.4. The Hall–Kier alpha value is -2.81. The van der Waals surface area contributed by atoms with Crippen LogP contribution in [0.15, 0.2) is 78.1 Å². The zero-order chi connectivity index (χ0) is 15.4. The molecule has 0 radical (unpaired) electrons. The molecule has 0 saturated carbocycles. The average molecular weight is 292 g/mol. The van der Waals surface area contributed by atoms with Gasteiger partial charge in [0.2, 0.25) is 0 Å². The van der Waals surface area contributed by atoms with E-state index in [4.69, 9.17) is 9.84 Å². The Morgan fingerprint density at radius 3 is 2.27 bits per heavy atom. The van der Waals surface area contributed by atoms with Crippen LogP contribution in [-0.4, -0.2) is 11.1 Å². The summed E-state index contributed by atoms with van der Waals surface area (Å²) < 4.78 is 5.66. The van der Waals surface area contributed by atoms with Crippen molar-refractivity contribution < 1.29 is 14.6 Å². The lowest BCUT2D eigenvalue weighted by atomic mass is 10.0. The summed E-state index contributed by atoms with van der Waals surface area (Å²) in [5.41, 5.74) is 3.78. The molecule has 1 aliphatic carbocycles. The minimum Gasteiger partial charge on any atom is -0.493 e. The SMILES string of the molecule is O=C(O)C1=CC=C(OCc2ccc(-c3ccccc3)cc2)C1. The lowest BCUT2D eigenvalue weighted by molar-refractivity contribution is -0.132. The number of allylic oxidation sites excluding steroid dienone is 3. The largest absolute Gasteiger partial charge is 0.493 e. The van der Waals surface area contributed by atoms with Gasteiger partial charge in [0.25, 0.3) is 0 Å². The van der Waals surface area contributed by atoms with Crippen molar-refractivity contribution in [3.8, 4) is 11.1 Å². The van der Waals surface area contributed by atoms with Gasteiger partial charge in [-0.3, -0.25) is 0 Å². The van der Waals surface area contributed by atoms with E-state index < -0.39 is 5.97 Å². The molecule has 1 aliphatic rings. The first kappa shape index (κ1) is 14.1. The number of carboxylic acid groups (broad SMARTS) is 1. The fraction of sp³-hybridized carbons (Fsp3) is 0.105. The number of rotatable bonds is 5. The van der Waals surface area contributed by atoms with Gasteiger partial charge in [-0.15, -0.1) is 0 Å². The van der Waals surface area contributed by atoms with Gasteiger partial charge in [0.1, 0.15) is 12.4 Å². The predicted molar refractivity (Wildman–Crippen MR) is 85.1 cm³/mol. The minimum absolute atomic E-state index is 0.359. The Balaban J connectivity index is 1.58. The highest BCUT2D eigenvalue weighted by Crippen LogP contribution is 2.23. The minimum atomic E-state index is -0.887. The number of ether oxygens (including phenoxy) is 1. The first-order valence-corrected chi connectivity index (χ1v) is 7.12. The Bertz CT molecular complexity index is 725. The summed E-state index contributed by atoms with van der Waals surface area (Å²) in [6.45, 7) is 0.446. The first-order chi connectivity index (χ1) is 10.7. The third kappa shape index (κ3) is 3.26. The number of carbonyl (C=O) groups is 1. The van der Waals surface area contributed by atoms with E-state index in [0.29, 0.717) is 24.4 Å². The fourth-order valence-electron chi connectivity index (χ4n) is 2.35. The van der Waals surface area contributed by atoms with Gasteiger partial charge in [0.15, 0.2) is 0 Å². The smallest absolute Gasteiger partial charge is 0.332 e. The molecule has 0 unspecified atom stereocenters. The Morgan fingerprint density at radius 1 is 0.955 bits per heavy atom. The lowest BCUT2D eigenvalue weighted by Crippen LogP contribution is -2.00. The van der Waals surface area contributed by atoms with Gasteiger partial charge in [0, 0.05) is 12.0 Å². The van der Waals surface area contributed by atoms with E-state index in [0.717, 1.165) is 5.56 Å². The van der Waals surface area contributed by atoms with Crippen LogP contribution in [0, 0.1) is 0 Å². The van der Waals surface area contributed by atoms with E-state index >= 15 is 0 Å². The molecular weight excluding hydrogens is 276 g/mol. The molecule has 0 heterocycles. The first-order valence-electron chi connectivity index (χ1n) is 7.12. The van der Waals surface area contributed by atoms with Crippen molar-refractivity contribution in [3.05, 3.63) is 83.6 Å². The molecule has 22 heavy (non-hydrogen) atoms. The molecule has 0 spiro atoms. The number of benzene rings is 2. The molecule has 0 fully saturated rings. The van der Waals surface area contributed by atoms with Crippen LogP contribution >= 0.6 is 0 Å². The lowest BCUT2D eigenvalue weighted by Gasteiger charge is -2.08. The summed E-state index contributed by atoms with van der Waals surface area (Å²) in [4.78, 5) is 10.8. The Kier molecular flexibility index (Phi) is 4.05. The molecule has 0 aromatic heterocycles. The molecule has 3 rings (SSSR count). The highest BCUT2D eigenvalue weighted by Gasteiger charge is 2.15. The number of hydrogen-bond acceptors (Lipinski definition) is 2. The molecule has 3 heteroatoms. The molecule has 3 nitrogen and oxygen atoms in total. The summed E-state index contributed by atoms with van der Waals surface area (Å²) in [6.07, 6.45) is 3.68. The average Bonchev–Trinajstić information content (AvgIpc) is 3.04. The van der Waals surface area contributed by atoms with Crippen molar-refractivity contribution in [1.29, 1.82) is 0 Å². The van der Waals surface area contributed by atoms with Crippen LogP contribution in [0.3, 0.4) is 0 Å². The molecule has 2 aromatic rings. The van der Waals surface area contributed by atoms with Crippen LogP contribution < -0.4 is 0 Å². The summed E-state index contributed by atoms with van der Waals surface area (Å²) >= 11 is 0. The van der Waals surface area contributed by atoms with Crippen LogP contribution in [0.1, 0.15) is 12.0 Å². The fourth-order valence-corrected chi connectivity index (χ4v) is 2.35. The maximum atomic E-state index is 10.8. The van der Waals surface area contributed by atoms with E-state index in [-0.39, 0.29) is 0 Å². The number of carboxylic acids is 1. The van der Waals surface area contributed by atoms with E-state index in [9.17, 15) is 4.79 Å². The zero-order valence-electron chi connectivity index (χ0n) is 12.0. The van der Waals surface area contributed by atoms with Crippen LogP contribution in [-0.2, 0) is 16.1 Å². The third-order valence-electron chi connectivity index (χ3n) is 3.60. The van der Waals surface area contributed by atoms with E-state index in [2.05, 4.69) is 24.3 Å². The van der Waals surface area contributed by atoms with Crippen LogP contribution in [0.2, 0.25) is 0 Å². The van der Waals surface area contributed by atoms with Gasteiger partial charge in [-0.1, -0.05) is 54.6 Å². The Labute approximate surface area is 129 Å². The highest BCUT2D eigenvalue weighted by molar-refractivity contribution is 5.88. The molecule has 0 bridgehead atoms. The second-order valence-corrected chi connectivity index (χ2v) is 5.16. The molecule has 0 atom stereocenters. The van der Waals surface area contributed by atoms with Gasteiger partial charge < -0.3 is 9.84 Å². The van der Waals surface area contributed by atoms with Gasteiger partial charge in [-0.2, -0.15) is 0 Å². The van der Waals surface area contributed by atoms with Crippen LogP contribution in [0.4, 0.5) is 0 Å². The molecule has 0 saturated heterocycles. The van der Waals surface area contributed by atoms with Gasteiger partial charge >= 0.3 is 5.97 Å². The third-order valence-corrected chi connectivity index (χ3v) is 3.60. The molecule has 110 valence electrons. The van der Waals surface area contributed by atoms with Gasteiger partial charge in [-0.05, 0) is 28.8 Å². The second-order valence-electron chi connectivity index (χ2n) is 5.16. The molecular formula is C19H16O3. The molecule has 0 amide bonds. The van der Waals surface area contributed by atoms with Crippen molar-refractivity contribution >= 4 is 5.97 Å². The topological polar surface area (TPSA) is 46.5 Å². The standard InChI is InChI=1S/C19H16O3/c20-19(21)17-10-11-18(12-17)22-13-14-6-8-16(9-7-14)15-4-2-1-3-5-15/h1-11H,12-13H2,(H,20,21). The number of aliphatic carboxylic acids is 1. The van der Waals surface area contributed by atoms with E-state index in [1.54, 1.807) is 12.2 Å². The predicted octanol–water partition coefficient (Wildman–Crippen LogP) is 4.17. The monoisotopic (exact) mass is 292 g/mol. The normalized spacial score (nSPS) is 13.5. The van der Waals surface area contributed by atoms with Crippen molar-refractivity contribution in [2.45, 2.75) is 13.0 Å². The maximum Gasteiger partial charge on any atom is 0.332 e. The molecule has 1 N–H and O–H groups in total. The van der Waals surface area contributed by atoms with Crippen molar-refractivity contribution in [2.24, 2.45) is 0 Å². The van der Waals surface area contributed by atoms with Crippen LogP contribution in [0.5, 0.6) is 0 Å². The number of hydrogen-bond donors (Lipinski definition) is 1. The van der Waals surface area contributed by atoms with E-state index in [1.165, 1.54) is 11.1 Å². The van der Waals surface area contributed by atoms with Crippen molar-refractivity contribution in [2.75, 3.05) is 0 Å². The van der Waals surface area contributed by atoms with Crippen LogP contribution in [0.25, 0.3) is 11.1 Å².